The molecule has 0 amide bonds. The van der Waals surface area contributed by atoms with Gasteiger partial charge in [-0.05, 0) is 56.7 Å². The number of pyridine rings is 1. The number of nitrogens with zero attached hydrogens (tertiary/aromatic N) is 2. The van der Waals surface area contributed by atoms with Gasteiger partial charge in [-0.25, -0.2) is 0 Å². The van der Waals surface area contributed by atoms with E-state index in [0.29, 0.717) is 0 Å². The number of aromatic nitrogens is 1. The van der Waals surface area contributed by atoms with Crippen LogP contribution in [0.2, 0.25) is 0 Å². The highest BCUT2D eigenvalue weighted by Crippen LogP contribution is 2.36. The van der Waals surface area contributed by atoms with Gasteiger partial charge in [0.2, 0.25) is 0 Å². The quantitative estimate of drug-likeness (QED) is 0.867. The Bertz CT molecular complexity index is 382. The maximum Gasteiger partial charge on any atom is 0.0544 e. The first-order valence-electron chi connectivity index (χ1n) is 8.05. The lowest BCUT2D eigenvalue weighted by atomic mass is 9.75. The predicted molar refractivity (Wildman–Crippen MR) is 84.4 cm³/mol. The molecule has 3 heteroatoms. The second kappa shape index (κ2) is 7.19. The summed E-state index contributed by atoms with van der Waals surface area (Å²) in [7, 11) is 0. The van der Waals surface area contributed by atoms with E-state index in [4.69, 9.17) is 5.73 Å². The highest BCUT2D eigenvalue weighted by atomic mass is 15.2. The van der Waals surface area contributed by atoms with Crippen molar-refractivity contribution in [2.24, 2.45) is 11.7 Å². The van der Waals surface area contributed by atoms with Gasteiger partial charge < -0.3 is 5.73 Å². The lowest BCUT2D eigenvalue weighted by Crippen LogP contribution is -2.55. The molecule has 2 N–H and O–H groups in total. The van der Waals surface area contributed by atoms with Gasteiger partial charge in [-0.1, -0.05) is 19.9 Å². The summed E-state index contributed by atoms with van der Waals surface area (Å²) in [5.41, 5.74) is 7.56. The van der Waals surface area contributed by atoms with Gasteiger partial charge in [0.1, 0.15) is 0 Å². The average Bonchev–Trinajstić information content (AvgIpc) is 2.49. The highest BCUT2D eigenvalue weighted by Gasteiger charge is 2.38. The third-order valence-electron chi connectivity index (χ3n) is 4.83. The van der Waals surface area contributed by atoms with Crippen molar-refractivity contribution in [3.8, 4) is 0 Å². The number of hydrogen-bond acceptors (Lipinski definition) is 3. The van der Waals surface area contributed by atoms with Crippen LogP contribution in [-0.4, -0.2) is 28.5 Å². The molecule has 3 nitrogen and oxygen atoms in total. The summed E-state index contributed by atoms with van der Waals surface area (Å²) >= 11 is 0. The summed E-state index contributed by atoms with van der Waals surface area (Å²) in [6.45, 7) is 7.43. The van der Waals surface area contributed by atoms with Gasteiger partial charge in [-0.15, -0.1) is 0 Å². The zero-order chi connectivity index (χ0) is 14.4. The monoisotopic (exact) mass is 275 g/mol. The Morgan fingerprint density at radius 3 is 2.65 bits per heavy atom. The Morgan fingerprint density at radius 2 is 2.10 bits per heavy atom. The second-order valence-corrected chi connectivity index (χ2v) is 6.35. The minimum Gasteiger partial charge on any atom is -0.329 e. The van der Waals surface area contributed by atoms with Crippen LogP contribution in [0.4, 0.5) is 0 Å². The van der Waals surface area contributed by atoms with E-state index in [1.54, 1.807) is 0 Å². The summed E-state index contributed by atoms with van der Waals surface area (Å²) in [4.78, 5) is 7.09. The molecule has 1 fully saturated rings. The lowest BCUT2D eigenvalue weighted by Gasteiger charge is -2.47. The molecule has 0 radical (unpaired) electrons. The molecular weight excluding hydrogens is 246 g/mol. The minimum absolute atomic E-state index is 0.194. The van der Waals surface area contributed by atoms with E-state index in [1.165, 1.54) is 32.1 Å². The Balaban J connectivity index is 2.13. The van der Waals surface area contributed by atoms with Gasteiger partial charge in [-0.3, -0.25) is 9.88 Å². The summed E-state index contributed by atoms with van der Waals surface area (Å²) in [5.74, 6) is 0.855. The summed E-state index contributed by atoms with van der Waals surface area (Å²) < 4.78 is 0. The fourth-order valence-electron chi connectivity index (χ4n) is 3.39. The fourth-order valence-corrected chi connectivity index (χ4v) is 3.39. The molecule has 2 rings (SSSR count). The van der Waals surface area contributed by atoms with Crippen LogP contribution in [0.15, 0.2) is 24.4 Å². The molecule has 0 aliphatic heterocycles. The van der Waals surface area contributed by atoms with E-state index in [0.717, 1.165) is 31.2 Å². The van der Waals surface area contributed by atoms with Crippen molar-refractivity contribution in [1.29, 1.82) is 0 Å². The molecule has 112 valence electrons. The number of rotatable bonds is 6. The molecule has 0 aromatic carbocycles. The summed E-state index contributed by atoms with van der Waals surface area (Å²) in [5, 5.41) is 0. The number of nitrogens with two attached hydrogens (primary N) is 1. The van der Waals surface area contributed by atoms with Crippen molar-refractivity contribution in [3.05, 3.63) is 30.1 Å². The van der Waals surface area contributed by atoms with E-state index in [-0.39, 0.29) is 5.54 Å². The van der Waals surface area contributed by atoms with Crippen LogP contribution in [0.25, 0.3) is 0 Å². The predicted octanol–water partition coefficient (Wildman–Crippen LogP) is 3.20. The molecule has 0 saturated heterocycles. The maximum atomic E-state index is 6.21. The molecule has 1 heterocycles. The average molecular weight is 275 g/mol. The van der Waals surface area contributed by atoms with Gasteiger partial charge in [0, 0.05) is 24.8 Å². The largest absolute Gasteiger partial charge is 0.329 e. The normalized spacial score (nSPS) is 26.9. The SMILES string of the molecule is CCCN(Cc1ccccn1)C1(CN)CCC(C)CC1. The topological polar surface area (TPSA) is 42.2 Å². The van der Waals surface area contributed by atoms with Gasteiger partial charge in [0.15, 0.2) is 0 Å². The van der Waals surface area contributed by atoms with Gasteiger partial charge >= 0.3 is 0 Å². The van der Waals surface area contributed by atoms with Crippen LogP contribution in [0, 0.1) is 5.92 Å². The third-order valence-corrected chi connectivity index (χ3v) is 4.83. The second-order valence-electron chi connectivity index (χ2n) is 6.35. The Morgan fingerprint density at radius 1 is 1.35 bits per heavy atom. The first-order valence-corrected chi connectivity index (χ1v) is 8.05. The Labute approximate surface area is 123 Å². The zero-order valence-corrected chi connectivity index (χ0v) is 13.0. The summed E-state index contributed by atoms with van der Waals surface area (Å²) in [6, 6.07) is 6.18. The van der Waals surface area contributed by atoms with Crippen molar-refractivity contribution in [2.45, 2.75) is 58.0 Å². The highest BCUT2D eigenvalue weighted by molar-refractivity contribution is 5.05. The smallest absolute Gasteiger partial charge is 0.0544 e. The molecule has 1 aromatic rings. The Kier molecular flexibility index (Phi) is 5.55. The van der Waals surface area contributed by atoms with E-state index >= 15 is 0 Å². The van der Waals surface area contributed by atoms with Crippen LogP contribution in [0.3, 0.4) is 0 Å². The minimum atomic E-state index is 0.194. The summed E-state index contributed by atoms with van der Waals surface area (Å²) in [6.07, 6.45) is 8.13. The van der Waals surface area contributed by atoms with Gasteiger partial charge in [0.25, 0.3) is 0 Å². The van der Waals surface area contributed by atoms with E-state index < -0.39 is 0 Å². The van der Waals surface area contributed by atoms with Gasteiger partial charge in [0.05, 0.1) is 5.69 Å². The van der Waals surface area contributed by atoms with Crippen LogP contribution in [0.5, 0.6) is 0 Å². The van der Waals surface area contributed by atoms with Crippen molar-refractivity contribution < 1.29 is 0 Å². The molecule has 0 unspecified atom stereocenters. The standard InChI is InChI=1S/C17H29N3/c1-3-12-20(13-16-6-4-5-11-19-16)17(14-18)9-7-15(2)8-10-17/h4-6,11,15H,3,7-10,12-14,18H2,1-2H3. The van der Waals surface area contributed by atoms with Crippen LogP contribution in [0.1, 0.15) is 51.6 Å². The molecular formula is C17H29N3. The molecule has 1 aromatic heterocycles. The molecule has 1 saturated carbocycles. The van der Waals surface area contributed by atoms with E-state index in [2.05, 4.69) is 35.9 Å². The van der Waals surface area contributed by atoms with Crippen LogP contribution in [-0.2, 0) is 6.54 Å². The van der Waals surface area contributed by atoms with Crippen LogP contribution >= 0.6 is 0 Å². The molecule has 1 aliphatic rings. The van der Waals surface area contributed by atoms with E-state index in [1.807, 2.05) is 12.3 Å². The van der Waals surface area contributed by atoms with Crippen molar-refractivity contribution in [1.82, 2.24) is 9.88 Å². The molecule has 20 heavy (non-hydrogen) atoms. The van der Waals surface area contributed by atoms with E-state index in [9.17, 15) is 0 Å². The van der Waals surface area contributed by atoms with Crippen molar-refractivity contribution >= 4 is 0 Å². The van der Waals surface area contributed by atoms with Crippen molar-refractivity contribution in [2.75, 3.05) is 13.1 Å². The maximum absolute atomic E-state index is 6.21. The lowest BCUT2D eigenvalue weighted by molar-refractivity contribution is 0.0367. The third kappa shape index (κ3) is 3.58. The molecule has 0 spiro atoms. The molecule has 1 aliphatic carbocycles. The molecule has 0 bridgehead atoms. The van der Waals surface area contributed by atoms with Gasteiger partial charge in [-0.2, -0.15) is 0 Å². The van der Waals surface area contributed by atoms with Crippen LogP contribution < -0.4 is 5.73 Å². The first kappa shape index (κ1) is 15.5. The van der Waals surface area contributed by atoms with Crippen molar-refractivity contribution in [3.63, 3.8) is 0 Å². The number of hydrogen-bond donors (Lipinski definition) is 1. The Hall–Kier alpha value is -0.930. The first-order chi connectivity index (χ1) is 9.70. The zero-order valence-electron chi connectivity index (χ0n) is 13.0. The molecule has 0 atom stereocenters. The fraction of sp³-hybridized carbons (Fsp3) is 0.706.